The van der Waals surface area contributed by atoms with Crippen LogP contribution < -0.4 is 0 Å². The summed E-state index contributed by atoms with van der Waals surface area (Å²) in [6, 6.07) is 4.96. The van der Waals surface area contributed by atoms with E-state index in [9.17, 15) is 9.18 Å². The first-order chi connectivity index (χ1) is 11.0. The zero-order valence-electron chi connectivity index (χ0n) is 13.5. The third kappa shape index (κ3) is 3.11. The number of nitrogens with zero attached hydrogens (tertiary/aromatic N) is 1. The largest absolute Gasteiger partial charge is 0.382 e. The number of halogens is 1. The summed E-state index contributed by atoms with van der Waals surface area (Å²) in [5, 5.41) is 0.551. The van der Waals surface area contributed by atoms with E-state index in [-0.39, 0.29) is 23.9 Å². The van der Waals surface area contributed by atoms with Gasteiger partial charge in [-0.3, -0.25) is 4.79 Å². The zero-order chi connectivity index (χ0) is 16.6. The van der Waals surface area contributed by atoms with Crippen LogP contribution in [0.2, 0.25) is 0 Å². The predicted octanol–water partition coefficient (Wildman–Crippen LogP) is 3.22. The van der Waals surface area contributed by atoms with Gasteiger partial charge in [-0.2, -0.15) is 0 Å². The minimum Gasteiger partial charge on any atom is -0.382 e. The number of carbonyl (C=O) groups is 1. The molecule has 1 aliphatic rings. The van der Waals surface area contributed by atoms with E-state index in [1.807, 2.05) is 19.9 Å². The highest BCUT2D eigenvalue weighted by Gasteiger charge is 2.31. The van der Waals surface area contributed by atoms with Gasteiger partial charge in [-0.1, -0.05) is 6.07 Å². The molecule has 1 saturated heterocycles. The lowest BCUT2D eigenvalue weighted by Crippen LogP contribution is -2.50. The van der Waals surface area contributed by atoms with Gasteiger partial charge in [0.25, 0.3) is 5.91 Å². The summed E-state index contributed by atoms with van der Waals surface area (Å²) in [4.78, 5) is 15.3. The Balaban J connectivity index is 1.91. The zero-order valence-corrected chi connectivity index (χ0v) is 14.3. The fourth-order valence-corrected chi connectivity index (χ4v) is 4.28. The first kappa shape index (κ1) is 16.4. The molecule has 1 aromatic carbocycles. The monoisotopic (exact) mass is 337 g/mol. The molecular weight excluding hydrogens is 317 g/mol. The number of aryl methyl sites for hydroxylation is 1. The molecule has 3 rings (SSSR count). The summed E-state index contributed by atoms with van der Waals surface area (Å²) in [5.41, 5.74) is 0.718. The second-order valence-corrected chi connectivity index (χ2v) is 6.96. The Morgan fingerprint density at radius 3 is 2.96 bits per heavy atom. The first-order valence-corrected chi connectivity index (χ1v) is 8.44. The van der Waals surface area contributed by atoms with Gasteiger partial charge in [-0.05, 0) is 31.5 Å². The van der Waals surface area contributed by atoms with Gasteiger partial charge in [0.05, 0.1) is 23.7 Å². The van der Waals surface area contributed by atoms with Crippen LogP contribution in [-0.4, -0.2) is 49.8 Å². The van der Waals surface area contributed by atoms with Crippen LogP contribution in [-0.2, 0) is 9.47 Å². The Labute approximate surface area is 138 Å². The van der Waals surface area contributed by atoms with Crippen LogP contribution in [0, 0.1) is 12.7 Å². The molecule has 0 saturated carbocycles. The number of ether oxygens (including phenoxy) is 2. The van der Waals surface area contributed by atoms with Gasteiger partial charge in [0.1, 0.15) is 5.82 Å². The number of fused-ring (bicyclic) bond motifs is 1. The Bertz CT molecular complexity index is 730. The number of hydrogen-bond donors (Lipinski definition) is 0. The number of rotatable bonds is 3. The average molecular weight is 337 g/mol. The summed E-state index contributed by atoms with van der Waals surface area (Å²) in [7, 11) is 1.62. The molecule has 0 aliphatic carbocycles. The fraction of sp³-hybridized carbons (Fsp3) is 0.471. The standard InChI is InChI=1S/C17H20FNO3S/c1-10-7-19(8-12(22-10)9-21-3)17(20)16-11(2)15-13(18)5-4-6-14(15)23-16/h4-6,10,12H,7-9H2,1-3H3/t10-,12-/m0/s1. The number of carbonyl (C=O) groups excluding carboxylic acids is 1. The summed E-state index contributed by atoms with van der Waals surface area (Å²) in [6.45, 7) is 5.24. The second-order valence-electron chi connectivity index (χ2n) is 5.90. The van der Waals surface area contributed by atoms with E-state index >= 15 is 0 Å². The van der Waals surface area contributed by atoms with Gasteiger partial charge < -0.3 is 14.4 Å². The minimum absolute atomic E-state index is 0.0423. The molecule has 0 N–H and O–H groups in total. The second kappa shape index (κ2) is 6.55. The van der Waals surface area contributed by atoms with Gasteiger partial charge >= 0.3 is 0 Å². The maximum Gasteiger partial charge on any atom is 0.264 e. The van der Waals surface area contributed by atoms with E-state index in [2.05, 4.69) is 0 Å². The Morgan fingerprint density at radius 2 is 2.26 bits per heavy atom. The molecule has 0 bridgehead atoms. The molecule has 1 aromatic heterocycles. The smallest absolute Gasteiger partial charge is 0.264 e. The SMILES string of the molecule is COC[C@@H]1CN(C(=O)c2sc3cccc(F)c3c2C)C[C@H](C)O1. The minimum atomic E-state index is -0.275. The number of benzene rings is 1. The Hall–Kier alpha value is -1.50. The van der Waals surface area contributed by atoms with E-state index in [1.165, 1.54) is 17.4 Å². The van der Waals surface area contributed by atoms with Crippen molar-refractivity contribution >= 4 is 27.3 Å². The molecule has 6 heteroatoms. The molecule has 2 aromatic rings. The highest BCUT2D eigenvalue weighted by Crippen LogP contribution is 2.33. The van der Waals surface area contributed by atoms with E-state index in [0.29, 0.717) is 30.0 Å². The van der Waals surface area contributed by atoms with Crippen LogP contribution in [0.1, 0.15) is 22.2 Å². The van der Waals surface area contributed by atoms with Gasteiger partial charge in [-0.25, -0.2) is 4.39 Å². The molecule has 0 radical (unpaired) electrons. The maximum absolute atomic E-state index is 14.0. The van der Waals surface area contributed by atoms with Crippen LogP contribution >= 0.6 is 11.3 Å². The van der Waals surface area contributed by atoms with Gasteiger partial charge in [0, 0.05) is 30.3 Å². The van der Waals surface area contributed by atoms with E-state index in [4.69, 9.17) is 9.47 Å². The number of thiophene rings is 1. The highest BCUT2D eigenvalue weighted by atomic mass is 32.1. The van der Waals surface area contributed by atoms with Crippen LogP contribution in [0.5, 0.6) is 0 Å². The molecule has 1 fully saturated rings. The van der Waals surface area contributed by atoms with Crippen LogP contribution in [0.3, 0.4) is 0 Å². The highest BCUT2D eigenvalue weighted by molar-refractivity contribution is 7.21. The van der Waals surface area contributed by atoms with E-state index in [0.717, 1.165) is 10.3 Å². The Morgan fingerprint density at radius 1 is 1.48 bits per heavy atom. The number of amides is 1. The lowest BCUT2D eigenvalue weighted by atomic mass is 10.1. The topological polar surface area (TPSA) is 38.8 Å². The van der Waals surface area contributed by atoms with Crippen LogP contribution in [0.4, 0.5) is 4.39 Å². The summed E-state index contributed by atoms with van der Waals surface area (Å²) in [6.07, 6.45) is -0.168. The predicted molar refractivity (Wildman–Crippen MR) is 88.6 cm³/mol. The van der Waals surface area contributed by atoms with Crippen molar-refractivity contribution in [1.29, 1.82) is 0 Å². The third-order valence-corrected chi connectivity index (χ3v) is 5.31. The molecule has 0 unspecified atom stereocenters. The van der Waals surface area contributed by atoms with Crippen molar-refractivity contribution in [3.8, 4) is 0 Å². The number of methoxy groups -OCH3 is 1. The summed E-state index contributed by atoms with van der Waals surface area (Å²) in [5.74, 6) is -0.331. The van der Waals surface area contributed by atoms with Crippen molar-refractivity contribution in [1.82, 2.24) is 4.90 Å². The fourth-order valence-electron chi connectivity index (χ4n) is 3.09. The molecule has 4 nitrogen and oxygen atoms in total. The first-order valence-electron chi connectivity index (χ1n) is 7.62. The van der Waals surface area contributed by atoms with Crippen molar-refractivity contribution in [3.05, 3.63) is 34.5 Å². The van der Waals surface area contributed by atoms with Gasteiger partial charge in [-0.15, -0.1) is 11.3 Å². The summed E-state index contributed by atoms with van der Waals surface area (Å²) >= 11 is 1.35. The molecule has 1 aliphatic heterocycles. The van der Waals surface area contributed by atoms with Crippen molar-refractivity contribution in [3.63, 3.8) is 0 Å². The Kier molecular flexibility index (Phi) is 4.66. The maximum atomic E-state index is 14.0. The van der Waals surface area contributed by atoms with Crippen molar-refractivity contribution in [2.75, 3.05) is 26.8 Å². The molecular formula is C17H20FNO3S. The molecule has 0 spiro atoms. The lowest BCUT2D eigenvalue weighted by molar-refractivity contribution is -0.0918. The van der Waals surface area contributed by atoms with Crippen LogP contribution in [0.15, 0.2) is 18.2 Å². The summed E-state index contributed by atoms with van der Waals surface area (Å²) < 4.78 is 25.8. The lowest BCUT2D eigenvalue weighted by Gasteiger charge is -2.36. The van der Waals surface area contributed by atoms with Crippen molar-refractivity contribution in [2.24, 2.45) is 0 Å². The van der Waals surface area contributed by atoms with E-state index < -0.39 is 0 Å². The molecule has 2 atom stereocenters. The molecule has 2 heterocycles. The van der Waals surface area contributed by atoms with Gasteiger partial charge in [0.2, 0.25) is 0 Å². The third-order valence-electron chi connectivity index (χ3n) is 4.06. The van der Waals surface area contributed by atoms with Crippen molar-refractivity contribution in [2.45, 2.75) is 26.1 Å². The van der Waals surface area contributed by atoms with Gasteiger partial charge in [0.15, 0.2) is 0 Å². The quantitative estimate of drug-likeness (QED) is 0.863. The number of hydrogen-bond acceptors (Lipinski definition) is 4. The normalized spacial score (nSPS) is 21.8. The molecule has 1 amide bonds. The number of morpholine rings is 1. The molecule has 23 heavy (non-hydrogen) atoms. The average Bonchev–Trinajstić information content (AvgIpc) is 2.84. The van der Waals surface area contributed by atoms with E-state index in [1.54, 1.807) is 18.1 Å². The molecule has 124 valence electrons. The van der Waals surface area contributed by atoms with Crippen molar-refractivity contribution < 1.29 is 18.7 Å². The van der Waals surface area contributed by atoms with Crippen LogP contribution in [0.25, 0.3) is 10.1 Å².